The van der Waals surface area contributed by atoms with E-state index in [4.69, 9.17) is 0 Å². The van der Waals surface area contributed by atoms with Crippen LogP contribution in [-0.4, -0.2) is 31.5 Å². The number of aromatic nitrogens is 2. The Morgan fingerprint density at radius 2 is 2.00 bits per heavy atom. The average Bonchev–Trinajstić information content (AvgIpc) is 2.97. The summed E-state index contributed by atoms with van der Waals surface area (Å²) in [5, 5.41) is 22.9. The third kappa shape index (κ3) is 3.72. The van der Waals surface area contributed by atoms with E-state index in [2.05, 4.69) is 10.3 Å². The lowest BCUT2D eigenvalue weighted by Gasteiger charge is -2.11. The Hall–Kier alpha value is -3.60. The minimum absolute atomic E-state index is 0.0263. The molecule has 10 nitrogen and oxygen atoms in total. The summed E-state index contributed by atoms with van der Waals surface area (Å²) in [5.74, 6) is -1.45. The van der Waals surface area contributed by atoms with Crippen LogP contribution in [0.15, 0.2) is 23.0 Å². The number of fused-ring (bicyclic) bond motifs is 1. The van der Waals surface area contributed by atoms with Crippen LogP contribution >= 0.6 is 11.3 Å². The second-order valence-electron chi connectivity index (χ2n) is 6.40. The molecule has 0 radical (unpaired) electrons. The Bertz CT molecular complexity index is 1240. The quantitative estimate of drug-likeness (QED) is 0.480. The molecule has 0 bridgehead atoms. The van der Waals surface area contributed by atoms with Gasteiger partial charge in [0.05, 0.1) is 16.0 Å². The first-order valence-electron chi connectivity index (χ1n) is 8.39. The summed E-state index contributed by atoms with van der Waals surface area (Å²) < 4.78 is 1.15. The fourth-order valence-corrected chi connectivity index (χ4v) is 3.96. The normalized spacial score (nSPS) is 10.9. The van der Waals surface area contributed by atoms with E-state index < -0.39 is 22.4 Å². The summed E-state index contributed by atoms with van der Waals surface area (Å²) in [6, 6.07) is 4.09. The molecular formula is C18H16N4O6S. The summed E-state index contributed by atoms with van der Waals surface area (Å²) in [5.41, 5.74) is 0.515. The van der Waals surface area contributed by atoms with Gasteiger partial charge in [0.1, 0.15) is 22.1 Å². The van der Waals surface area contributed by atoms with Gasteiger partial charge < -0.3 is 10.4 Å². The smallest absolute Gasteiger partial charge is 0.346 e. The molecule has 1 aromatic carbocycles. The first-order valence-corrected chi connectivity index (χ1v) is 9.20. The lowest BCUT2D eigenvalue weighted by atomic mass is 10.2. The van der Waals surface area contributed by atoms with Gasteiger partial charge in [-0.1, -0.05) is 6.07 Å². The number of rotatable bonds is 5. The van der Waals surface area contributed by atoms with E-state index >= 15 is 0 Å². The van der Waals surface area contributed by atoms with Crippen molar-refractivity contribution in [2.45, 2.75) is 27.3 Å². The number of carboxylic acids is 1. The van der Waals surface area contributed by atoms with Crippen LogP contribution < -0.4 is 10.9 Å². The van der Waals surface area contributed by atoms with Crippen LogP contribution in [0.25, 0.3) is 10.2 Å². The fourth-order valence-electron chi connectivity index (χ4n) is 2.90. The molecule has 2 heterocycles. The number of aromatic carboxylic acids is 1. The molecule has 11 heteroatoms. The van der Waals surface area contributed by atoms with Crippen molar-refractivity contribution in [3.8, 4) is 0 Å². The van der Waals surface area contributed by atoms with Crippen molar-refractivity contribution in [3.05, 3.63) is 60.5 Å². The Morgan fingerprint density at radius 1 is 1.31 bits per heavy atom. The topological polar surface area (TPSA) is 144 Å². The third-order valence-corrected chi connectivity index (χ3v) is 5.62. The van der Waals surface area contributed by atoms with E-state index in [-0.39, 0.29) is 34.0 Å². The molecule has 0 aliphatic heterocycles. The second kappa shape index (κ2) is 7.43. The predicted octanol–water partition coefficient (Wildman–Crippen LogP) is 2.63. The van der Waals surface area contributed by atoms with E-state index in [1.54, 1.807) is 13.8 Å². The van der Waals surface area contributed by atoms with E-state index in [0.717, 1.165) is 15.9 Å². The molecular weight excluding hydrogens is 400 g/mol. The summed E-state index contributed by atoms with van der Waals surface area (Å²) in [6.45, 7) is 4.39. The number of hydrogen-bond acceptors (Lipinski definition) is 7. The summed E-state index contributed by atoms with van der Waals surface area (Å²) in [4.78, 5) is 51.6. The van der Waals surface area contributed by atoms with Crippen LogP contribution in [0.5, 0.6) is 0 Å². The fraction of sp³-hybridized carbons (Fsp3) is 0.222. The van der Waals surface area contributed by atoms with Gasteiger partial charge in [0, 0.05) is 12.1 Å². The van der Waals surface area contributed by atoms with Gasteiger partial charge in [-0.3, -0.25) is 24.3 Å². The number of nitrogens with one attached hydrogen (secondary N) is 1. The molecule has 29 heavy (non-hydrogen) atoms. The molecule has 3 aromatic rings. The zero-order valence-corrected chi connectivity index (χ0v) is 16.5. The molecule has 0 saturated carbocycles. The number of carbonyl (C=O) groups excluding carboxylic acids is 1. The number of benzene rings is 1. The summed E-state index contributed by atoms with van der Waals surface area (Å²) in [7, 11) is 0. The van der Waals surface area contributed by atoms with Gasteiger partial charge in [0.2, 0.25) is 5.91 Å². The standard InChI is InChI=1S/C18H16N4O6S/c1-8-4-5-11(22(27)28)6-12(8)20-13(23)7-21-10(3)19-16-14(17(21)24)9(2)15(29-16)18(25)26/h4-6H,7H2,1-3H3,(H,20,23)(H,25,26). The number of nitrogens with zero attached hydrogens (tertiary/aromatic N) is 3. The molecule has 0 unspecified atom stereocenters. The Morgan fingerprint density at radius 3 is 2.62 bits per heavy atom. The number of thiophene rings is 1. The van der Waals surface area contributed by atoms with Crippen molar-refractivity contribution in [1.29, 1.82) is 0 Å². The van der Waals surface area contributed by atoms with Crippen LogP contribution in [-0.2, 0) is 11.3 Å². The van der Waals surface area contributed by atoms with Crippen molar-refractivity contribution >= 4 is 44.8 Å². The lowest BCUT2D eigenvalue weighted by molar-refractivity contribution is -0.384. The maximum atomic E-state index is 12.9. The third-order valence-electron chi connectivity index (χ3n) is 4.44. The SMILES string of the molecule is Cc1ccc([N+](=O)[O-])cc1NC(=O)Cn1c(C)nc2sc(C(=O)O)c(C)c2c1=O. The number of carbonyl (C=O) groups is 2. The van der Waals surface area contributed by atoms with Crippen LogP contribution in [0.3, 0.4) is 0 Å². The first-order chi connectivity index (χ1) is 13.6. The van der Waals surface area contributed by atoms with Crippen LogP contribution in [0.2, 0.25) is 0 Å². The summed E-state index contributed by atoms with van der Waals surface area (Å²) >= 11 is 0.908. The number of aryl methyl sites for hydroxylation is 3. The molecule has 1 amide bonds. The molecule has 0 saturated heterocycles. The first kappa shape index (κ1) is 20.1. The highest BCUT2D eigenvalue weighted by Crippen LogP contribution is 2.27. The second-order valence-corrected chi connectivity index (χ2v) is 7.40. The highest BCUT2D eigenvalue weighted by atomic mass is 32.1. The number of nitro benzene ring substituents is 1. The number of non-ortho nitro benzene ring substituents is 1. The summed E-state index contributed by atoms with van der Waals surface area (Å²) in [6.07, 6.45) is 0. The monoisotopic (exact) mass is 416 g/mol. The number of hydrogen-bond donors (Lipinski definition) is 2. The molecule has 0 atom stereocenters. The number of nitro groups is 1. The number of amides is 1. The van der Waals surface area contributed by atoms with Crippen LogP contribution in [0, 0.1) is 30.9 Å². The zero-order chi connectivity index (χ0) is 21.5. The van der Waals surface area contributed by atoms with Gasteiger partial charge >= 0.3 is 5.97 Å². The van der Waals surface area contributed by atoms with Gasteiger partial charge in [0.15, 0.2) is 0 Å². The molecule has 3 rings (SSSR count). The van der Waals surface area contributed by atoms with Crippen molar-refractivity contribution in [1.82, 2.24) is 9.55 Å². The minimum Gasteiger partial charge on any atom is -0.477 e. The number of anilines is 1. The van der Waals surface area contributed by atoms with E-state index in [1.165, 1.54) is 25.1 Å². The van der Waals surface area contributed by atoms with Crippen molar-refractivity contribution in [2.24, 2.45) is 0 Å². The number of carboxylic acid groups (broad SMARTS) is 1. The van der Waals surface area contributed by atoms with Gasteiger partial charge in [-0.2, -0.15) is 0 Å². The van der Waals surface area contributed by atoms with Crippen molar-refractivity contribution in [2.75, 3.05) is 5.32 Å². The average molecular weight is 416 g/mol. The van der Waals surface area contributed by atoms with E-state index in [1.807, 2.05) is 0 Å². The highest BCUT2D eigenvalue weighted by Gasteiger charge is 2.21. The van der Waals surface area contributed by atoms with Gasteiger partial charge in [-0.15, -0.1) is 11.3 Å². The molecule has 0 fully saturated rings. The van der Waals surface area contributed by atoms with Crippen molar-refractivity contribution in [3.63, 3.8) is 0 Å². The van der Waals surface area contributed by atoms with Crippen LogP contribution in [0.4, 0.5) is 11.4 Å². The van der Waals surface area contributed by atoms with Crippen molar-refractivity contribution < 1.29 is 19.6 Å². The Labute approximate surface area is 167 Å². The van der Waals surface area contributed by atoms with E-state index in [9.17, 15) is 29.6 Å². The van der Waals surface area contributed by atoms with Gasteiger partial charge in [0.25, 0.3) is 11.2 Å². The Kier molecular flexibility index (Phi) is 5.16. The highest BCUT2D eigenvalue weighted by molar-refractivity contribution is 7.20. The molecule has 2 N–H and O–H groups in total. The molecule has 2 aromatic heterocycles. The predicted molar refractivity (Wildman–Crippen MR) is 107 cm³/mol. The molecule has 150 valence electrons. The van der Waals surface area contributed by atoms with E-state index in [0.29, 0.717) is 16.0 Å². The Balaban J connectivity index is 1.96. The lowest BCUT2D eigenvalue weighted by Crippen LogP contribution is -2.30. The van der Waals surface area contributed by atoms with Gasteiger partial charge in [-0.25, -0.2) is 9.78 Å². The van der Waals surface area contributed by atoms with Gasteiger partial charge in [-0.05, 0) is 31.9 Å². The zero-order valence-electron chi connectivity index (χ0n) is 15.7. The molecule has 0 aliphatic carbocycles. The molecule has 0 spiro atoms. The maximum absolute atomic E-state index is 12.9. The molecule has 0 aliphatic rings. The minimum atomic E-state index is -1.15. The largest absolute Gasteiger partial charge is 0.477 e. The maximum Gasteiger partial charge on any atom is 0.346 e. The van der Waals surface area contributed by atoms with Crippen LogP contribution in [0.1, 0.15) is 26.6 Å².